The fraction of sp³-hybridized carbons (Fsp3) is 0.133. The normalized spacial score (nSPS) is 12.4. The van der Waals surface area contributed by atoms with Crippen LogP contribution in [0, 0.1) is 5.92 Å². The summed E-state index contributed by atoms with van der Waals surface area (Å²) in [6.07, 6.45) is 0.719. The van der Waals surface area contributed by atoms with Crippen LogP contribution in [-0.4, -0.2) is 11.8 Å². The molecule has 4 aromatic carbocycles. The number of hydrogen-bond donors (Lipinski definition) is 2. The van der Waals surface area contributed by atoms with Crippen molar-refractivity contribution >= 4 is 23.2 Å². The maximum absolute atomic E-state index is 13.6. The summed E-state index contributed by atoms with van der Waals surface area (Å²) in [5.74, 6) is -1.09. The van der Waals surface area contributed by atoms with Gasteiger partial charge >= 0.3 is 0 Å². The Morgan fingerprint density at radius 2 is 1.06 bits per heavy atom. The monoisotopic (exact) mass is 448 g/mol. The topological polar surface area (TPSA) is 58.2 Å². The SMILES string of the molecule is O=C(CC(C(=O)Nc1ccccc1)C(Cc1ccccc1)c1ccccc1)Nc1ccccc1. The Balaban J connectivity index is 1.65. The second-order valence-corrected chi connectivity index (χ2v) is 8.29. The molecule has 0 fully saturated rings. The van der Waals surface area contributed by atoms with Crippen LogP contribution in [0.1, 0.15) is 23.5 Å². The highest BCUT2D eigenvalue weighted by molar-refractivity contribution is 5.98. The van der Waals surface area contributed by atoms with Gasteiger partial charge in [-0.25, -0.2) is 0 Å². The summed E-state index contributed by atoms with van der Waals surface area (Å²) in [5, 5.41) is 5.97. The molecule has 0 aromatic heterocycles. The molecule has 0 saturated carbocycles. The molecule has 0 heterocycles. The Labute approximate surface area is 200 Å². The Bertz CT molecular complexity index is 1180. The van der Waals surface area contributed by atoms with Gasteiger partial charge in [-0.3, -0.25) is 9.59 Å². The lowest BCUT2D eigenvalue weighted by Gasteiger charge is -2.27. The molecule has 0 aliphatic carbocycles. The first-order chi connectivity index (χ1) is 16.7. The molecule has 4 nitrogen and oxygen atoms in total. The van der Waals surface area contributed by atoms with E-state index in [1.807, 2.05) is 109 Å². The van der Waals surface area contributed by atoms with Crippen LogP contribution in [0.15, 0.2) is 121 Å². The lowest BCUT2D eigenvalue weighted by molar-refractivity contribution is -0.125. The first-order valence-corrected chi connectivity index (χ1v) is 11.5. The van der Waals surface area contributed by atoms with E-state index in [0.29, 0.717) is 17.8 Å². The van der Waals surface area contributed by atoms with E-state index in [1.54, 1.807) is 0 Å². The molecule has 4 aromatic rings. The fourth-order valence-electron chi connectivity index (χ4n) is 4.17. The molecular weight excluding hydrogens is 420 g/mol. The molecule has 0 radical (unpaired) electrons. The number of hydrogen-bond acceptors (Lipinski definition) is 2. The van der Waals surface area contributed by atoms with Gasteiger partial charge in [-0.1, -0.05) is 97.1 Å². The number of amides is 2. The van der Waals surface area contributed by atoms with Crippen molar-refractivity contribution in [1.82, 2.24) is 0 Å². The minimum atomic E-state index is -0.563. The van der Waals surface area contributed by atoms with Crippen LogP contribution in [0.5, 0.6) is 0 Å². The number of anilines is 2. The summed E-state index contributed by atoms with van der Waals surface area (Å²) < 4.78 is 0. The zero-order chi connectivity index (χ0) is 23.6. The van der Waals surface area contributed by atoms with Crippen LogP contribution in [0.25, 0.3) is 0 Å². The highest BCUT2D eigenvalue weighted by Crippen LogP contribution is 2.32. The van der Waals surface area contributed by atoms with Crippen molar-refractivity contribution in [2.75, 3.05) is 10.6 Å². The Morgan fingerprint density at radius 3 is 1.62 bits per heavy atom. The molecule has 34 heavy (non-hydrogen) atoms. The van der Waals surface area contributed by atoms with E-state index in [9.17, 15) is 9.59 Å². The summed E-state index contributed by atoms with van der Waals surface area (Å²) in [4.78, 5) is 26.7. The minimum absolute atomic E-state index is 0.0694. The number of benzene rings is 4. The van der Waals surface area contributed by atoms with Crippen LogP contribution >= 0.6 is 0 Å². The van der Waals surface area contributed by atoms with Gasteiger partial charge in [0.15, 0.2) is 0 Å². The molecule has 4 heteroatoms. The quantitative estimate of drug-likeness (QED) is 0.316. The van der Waals surface area contributed by atoms with Crippen molar-refractivity contribution in [3.8, 4) is 0 Å². The smallest absolute Gasteiger partial charge is 0.228 e. The summed E-state index contributed by atoms with van der Waals surface area (Å²) >= 11 is 0. The zero-order valence-corrected chi connectivity index (χ0v) is 18.9. The minimum Gasteiger partial charge on any atom is -0.326 e. The van der Waals surface area contributed by atoms with E-state index in [4.69, 9.17) is 0 Å². The van der Waals surface area contributed by atoms with Crippen LogP contribution in [-0.2, 0) is 16.0 Å². The number of carbonyl (C=O) groups excluding carboxylic acids is 2. The third-order valence-electron chi connectivity index (χ3n) is 5.85. The molecule has 0 spiro atoms. The standard InChI is InChI=1S/C30H28N2O2/c33-29(31-25-17-9-3-10-18-25)22-28(30(34)32-26-19-11-4-12-20-26)27(24-15-7-2-8-16-24)21-23-13-5-1-6-14-23/h1-20,27-28H,21-22H2,(H,31,33)(H,32,34). The van der Waals surface area contributed by atoms with Crippen molar-refractivity contribution in [2.45, 2.75) is 18.8 Å². The summed E-state index contributed by atoms with van der Waals surface area (Å²) in [7, 11) is 0. The predicted octanol–water partition coefficient (Wildman–Crippen LogP) is 6.30. The molecule has 0 aliphatic rings. The Hall–Kier alpha value is -4.18. The van der Waals surface area contributed by atoms with Gasteiger partial charge in [-0.2, -0.15) is 0 Å². The summed E-state index contributed by atoms with van der Waals surface area (Å²) in [5.41, 5.74) is 3.59. The van der Waals surface area contributed by atoms with Gasteiger partial charge in [0.1, 0.15) is 0 Å². The third kappa shape index (κ3) is 6.42. The first-order valence-electron chi connectivity index (χ1n) is 11.5. The molecule has 4 rings (SSSR count). The van der Waals surface area contributed by atoms with E-state index in [0.717, 1.165) is 11.1 Å². The fourth-order valence-corrected chi connectivity index (χ4v) is 4.17. The largest absolute Gasteiger partial charge is 0.326 e. The van der Waals surface area contributed by atoms with Crippen molar-refractivity contribution in [3.63, 3.8) is 0 Å². The van der Waals surface area contributed by atoms with Crippen LogP contribution in [0.2, 0.25) is 0 Å². The molecule has 2 atom stereocenters. The predicted molar refractivity (Wildman–Crippen MR) is 138 cm³/mol. The summed E-state index contributed by atoms with van der Waals surface area (Å²) in [6.45, 7) is 0. The van der Waals surface area contributed by atoms with Crippen molar-refractivity contribution in [1.29, 1.82) is 0 Å². The molecule has 170 valence electrons. The van der Waals surface area contributed by atoms with E-state index in [2.05, 4.69) is 22.8 Å². The van der Waals surface area contributed by atoms with Crippen molar-refractivity contribution < 1.29 is 9.59 Å². The molecular formula is C30H28N2O2. The lowest BCUT2D eigenvalue weighted by Crippen LogP contribution is -2.33. The number of para-hydroxylation sites is 2. The number of rotatable bonds is 9. The molecule has 2 unspecified atom stereocenters. The third-order valence-corrected chi connectivity index (χ3v) is 5.85. The van der Waals surface area contributed by atoms with Crippen molar-refractivity contribution in [3.05, 3.63) is 132 Å². The number of carbonyl (C=O) groups is 2. The zero-order valence-electron chi connectivity index (χ0n) is 18.9. The summed E-state index contributed by atoms with van der Waals surface area (Å²) in [6, 6.07) is 38.8. The second-order valence-electron chi connectivity index (χ2n) is 8.29. The average molecular weight is 449 g/mol. The average Bonchev–Trinajstić information content (AvgIpc) is 2.88. The van der Waals surface area contributed by atoms with Crippen molar-refractivity contribution in [2.24, 2.45) is 5.92 Å². The van der Waals surface area contributed by atoms with E-state index in [-0.39, 0.29) is 24.2 Å². The maximum Gasteiger partial charge on any atom is 0.228 e. The second kappa shape index (κ2) is 11.6. The molecule has 0 aliphatic heterocycles. The Morgan fingerprint density at radius 1 is 0.588 bits per heavy atom. The van der Waals surface area contributed by atoms with Gasteiger partial charge < -0.3 is 10.6 Å². The van der Waals surface area contributed by atoms with Gasteiger partial charge in [0.05, 0.1) is 5.92 Å². The van der Waals surface area contributed by atoms with Crippen LogP contribution in [0.4, 0.5) is 11.4 Å². The highest BCUT2D eigenvalue weighted by Gasteiger charge is 2.32. The van der Waals surface area contributed by atoms with Gasteiger partial charge in [0.2, 0.25) is 11.8 Å². The molecule has 0 bridgehead atoms. The Kier molecular flexibility index (Phi) is 7.86. The van der Waals surface area contributed by atoms with E-state index < -0.39 is 5.92 Å². The lowest BCUT2D eigenvalue weighted by atomic mass is 9.79. The first kappa shape index (κ1) is 23.0. The van der Waals surface area contributed by atoms with E-state index in [1.165, 1.54) is 0 Å². The van der Waals surface area contributed by atoms with Gasteiger partial charge in [-0.15, -0.1) is 0 Å². The van der Waals surface area contributed by atoms with Gasteiger partial charge in [0.25, 0.3) is 0 Å². The molecule has 0 saturated heterocycles. The molecule has 2 N–H and O–H groups in total. The van der Waals surface area contributed by atoms with E-state index >= 15 is 0 Å². The maximum atomic E-state index is 13.6. The highest BCUT2D eigenvalue weighted by atomic mass is 16.2. The van der Waals surface area contributed by atoms with Gasteiger partial charge in [-0.05, 0) is 41.8 Å². The van der Waals surface area contributed by atoms with Gasteiger partial charge in [0, 0.05) is 23.7 Å². The molecule has 2 amide bonds. The van der Waals surface area contributed by atoms with Crippen LogP contribution in [0.3, 0.4) is 0 Å². The number of nitrogens with one attached hydrogen (secondary N) is 2. The van der Waals surface area contributed by atoms with Crippen LogP contribution < -0.4 is 10.6 Å².